The lowest BCUT2D eigenvalue weighted by Crippen LogP contribution is -2.47. The Hall–Kier alpha value is -4.78. The Labute approximate surface area is 292 Å². The average Bonchev–Trinajstić information content (AvgIpc) is 3.35. The van der Waals surface area contributed by atoms with Gasteiger partial charge in [-0.3, -0.25) is 23.7 Å². The molecule has 1 N–H and O–H groups in total. The first-order valence-corrected chi connectivity index (χ1v) is 17.1. The van der Waals surface area contributed by atoms with Crippen molar-refractivity contribution >= 4 is 50.2 Å². The second-order valence-corrected chi connectivity index (χ2v) is 15.2. The molecule has 0 radical (unpaired) electrons. The van der Waals surface area contributed by atoms with Crippen LogP contribution in [-0.2, 0) is 28.1 Å². The maximum atomic E-state index is 14.4. The van der Waals surface area contributed by atoms with Crippen LogP contribution in [0.4, 0.5) is 5.82 Å². The van der Waals surface area contributed by atoms with Crippen LogP contribution in [0.2, 0.25) is 0 Å². The monoisotopic (exact) mass is 723 g/mol. The number of anilines is 1. The van der Waals surface area contributed by atoms with Crippen molar-refractivity contribution in [1.29, 1.82) is 0 Å². The van der Waals surface area contributed by atoms with Gasteiger partial charge in [-0.25, -0.2) is 15.0 Å². The van der Waals surface area contributed by atoms with Gasteiger partial charge >= 0.3 is 0 Å². The van der Waals surface area contributed by atoms with E-state index in [1.807, 2.05) is 61.1 Å². The normalized spacial score (nSPS) is 20.0. The third-order valence-corrected chi connectivity index (χ3v) is 10.1. The molecule has 1 saturated carbocycles. The maximum absolute atomic E-state index is 14.4. The number of piperidine rings is 1. The number of benzene rings is 1. The van der Waals surface area contributed by atoms with E-state index in [9.17, 15) is 14.4 Å². The summed E-state index contributed by atoms with van der Waals surface area (Å²) in [6.07, 6.45) is 6.72. The van der Waals surface area contributed by atoms with Crippen LogP contribution < -0.4 is 5.32 Å². The number of rotatable bonds is 8. The Balaban J connectivity index is 1.20. The van der Waals surface area contributed by atoms with Gasteiger partial charge in [0.05, 0.1) is 11.2 Å². The minimum Gasteiger partial charge on any atom is -0.325 e. The molecule has 0 bridgehead atoms. The standard InChI is InChI=1S/C36H38BrN9O3/c1-20-7-10-30(37)40-33(20)41-34(49)27-14-36(19-44-12-11-28(42-44)35(4,5)6)15-29(36)46(27)31(48)18-45-26-9-8-23(24-16-38-22(3)39-17-24)13-25(26)32(43-45)21(2)47/h7-13,16-17,27,29H,14-15,18-19H2,1-6H3,(H,40,41,49)/t27-,29+,36-/m0/s1. The summed E-state index contributed by atoms with van der Waals surface area (Å²) >= 11 is 3.40. The molecule has 49 heavy (non-hydrogen) atoms. The molecule has 2 fully saturated rings. The van der Waals surface area contributed by atoms with E-state index in [2.05, 4.69) is 62.1 Å². The van der Waals surface area contributed by atoms with Crippen LogP contribution in [0, 0.1) is 19.3 Å². The molecule has 2 amide bonds. The van der Waals surface area contributed by atoms with Crippen molar-refractivity contribution in [3.63, 3.8) is 0 Å². The van der Waals surface area contributed by atoms with Gasteiger partial charge in [-0.15, -0.1) is 0 Å². The molecule has 0 spiro atoms. The number of carbonyl (C=O) groups excluding carboxylic acids is 3. The lowest BCUT2D eigenvalue weighted by molar-refractivity contribution is -0.138. The molecule has 12 nitrogen and oxygen atoms in total. The first-order valence-electron chi connectivity index (χ1n) is 16.3. The van der Waals surface area contributed by atoms with Gasteiger partial charge in [-0.05, 0) is 78.0 Å². The Morgan fingerprint density at radius 1 is 1.00 bits per heavy atom. The van der Waals surface area contributed by atoms with E-state index < -0.39 is 6.04 Å². The van der Waals surface area contributed by atoms with Crippen LogP contribution in [0.3, 0.4) is 0 Å². The molecule has 0 unspecified atom stereocenters. The van der Waals surface area contributed by atoms with E-state index in [0.717, 1.165) is 28.8 Å². The zero-order valence-corrected chi connectivity index (χ0v) is 29.9. The number of likely N-dealkylation sites (tertiary alicyclic amines) is 1. The van der Waals surface area contributed by atoms with E-state index in [-0.39, 0.29) is 46.7 Å². The molecule has 4 aromatic heterocycles. The van der Waals surface area contributed by atoms with Crippen molar-refractivity contribution in [2.45, 2.75) is 85.0 Å². The summed E-state index contributed by atoms with van der Waals surface area (Å²) < 4.78 is 4.12. The number of amides is 2. The molecule has 5 aromatic rings. The Bertz CT molecular complexity index is 2130. The molecular formula is C36H38BrN9O3. The van der Waals surface area contributed by atoms with Gasteiger partial charge in [-0.2, -0.15) is 10.2 Å². The van der Waals surface area contributed by atoms with E-state index in [4.69, 9.17) is 5.10 Å². The number of nitrogens with zero attached hydrogens (tertiary/aromatic N) is 8. The van der Waals surface area contributed by atoms with E-state index >= 15 is 0 Å². The Morgan fingerprint density at radius 3 is 2.45 bits per heavy atom. The van der Waals surface area contributed by atoms with Crippen LogP contribution in [0.15, 0.2) is 59.6 Å². The highest BCUT2D eigenvalue weighted by molar-refractivity contribution is 9.10. The number of halogens is 1. The molecule has 13 heteroatoms. The smallest absolute Gasteiger partial charge is 0.248 e. The zero-order valence-electron chi connectivity index (χ0n) is 28.4. The first-order chi connectivity index (χ1) is 23.2. The van der Waals surface area contributed by atoms with Crippen LogP contribution in [0.25, 0.3) is 22.0 Å². The molecule has 1 aliphatic carbocycles. The van der Waals surface area contributed by atoms with Gasteiger partial charge in [0.1, 0.15) is 34.5 Å². The summed E-state index contributed by atoms with van der Waals surface area (Å²) in [6.45, 7) is 12.0. The Kier molecular flexibility index (Phi) is 8.00. The minimum atomic E-state index is -0.716. The van der Waals surface area contributed by atoms with Gasteiger partial charge < -0.3 is 10.2 Å². The number of nitrogens with one attached hydrogen (secondary N) is 1. The quantitative estimate of drug-likeness (QED) is 0.160. The minimum absolute atomic E-state index is 0.0965. The van der Waals surface area contributed by atoms with Crippen LogP contribution in [0.1, 0.15) is 68.1 Å². The lowest BCUT2D eigenvalue weighted by Gasteiger charge is -2.27. The average molecular weight is 725 g/mol. The summed E-state index contributed by atoms with van der Waals surface area (Å²) in [4.78, 5) is 55.9. The second-order valence-electron chi connectivity index (χ2n) is 14.4. The third kappa shape index (κ3) is 6.16. The van der Waals surface area contributed by atoms with Gasteiger partial charge in [0.25, 0.3) is 0 Å². The van der Waals surface area contributed by atoms with Crippen molar-refractivity contribution < 1.29 is 14.4 Å². The van der Waals surface area contributed by atoms with Crippen LogP contribution in [0.5, 0.6) is 0 Å². The number of aromatic nitrogens is 7. The number of fused-ring (bicyclic) bond motifs is 2. The summed E-state index contributed by atoms with van der Waals surface area (Å²) in [7, 11) is 0. The van der Waals surface area contributed by atoms with Gasteiger partial charge in [-0.1, -0.05) is 32.9 Å². The van der Waals surface area contributed by atoms with E-state index in [0.29, 0.717) is 40.1 Å². The molecule has 7 rings (SSSR count). The SMILES string of the molecule is CC(=O)c1nn(CC(=O)N2[C@H](C(=O)Nc3nc(Br)ccc3C)C[C@@]3(Cn4ccc(C(C)(C)C)n4)C[C@@H]23)c2ccc(-c3cnc(C)nc3)cc12. The fourth-order valence-electron chi connectivity index (χ4n) is 6.94. The lowest BCUT2D eigenvalue weighted by atomic mass is 9.93. The summed E-state index contributed by atoms with van der Waals surface area (Å²) in [6, 6.07) is 10.5. The van der Waals surface area contributed by atoms with Crippen molar-refractivity contribution in [2.24, 2.45) is 5.41 Å². The van der Waals surface area contributed by atoms with Crippen molar-refractivity contribution in [3.05, 3.63) is 82.4 Å². The molecule has 3 atom stereocenters. The number of hydrogen-bond acceptors (Lipinski definition) is 8. The second kappa shape index (κ2) is 12.0. The Morgan fingerprint density at radius 2 is 1.76 bits per heavy atom. The zero-order chi connectivity index (χ0) is 34.8. The maximum Gasteiger partial charge on any atom is 0.248 e. The molecule has 1 saturated heterocycles. The van der Waals surface area contributed by atoms with Crippen molar-refractivity contribution in [1.82, 2.24) is 39.4 Å². The number of aryl methyl sites for hydroxylation is 2. The van der Waals surface area contributed by atoms with Crippen molar-refractivity contribution in [2.75, 3.05) is 5.32 Å². The topological polar surface area (TPSA) is 141 Å². The highest BCUT2D eigenvalue weighted by Gasteiger charge is 2.67. The summed E-state index contributed by atoms with van der Waals surface area (Å²) in [5.74, 6) is 0.372. The fraction of sp³-hybridized carbons (Fsp3) is 0.389. The molecule has 1 aromatic carbocycles. The van der Waals surface area contributed by atoms with Gasteiger partial charge in [0.2, 0.25) is 11.8 Å². The largest absolute Gasteiger partial charge is 0.325 e. The van der Waals surface area contributed by atoms with E-state index in [1.165, 1.54) is 6.92 Å². The van der Waals surface area contributed by atoms with Gasteiger partial charge in [0, 0.05) is 59.9 Å². The van der Waals surface area contributed by atoms with Crippen molar-refractivity contribution in [3.8, 4) is 11.1 Å². The van der Waals surface area contributed by atoms with Gasteiger partial charge in [0.15, 0.2) is 5.78 Å². The third-order valence-electron chi connectivity index (χ3n) is 9.68. The molecule has 5 heterocycles. The highest BCUT2D eigenvalue weighted by Crippen LogP contribution is 2.60. The number of hydrogen-bond donors (Lipinski definition) is 1. The predicted octanol–water partition coefficient (Wildman–Crippen LogP) is 5.66. The fourth-order valence-corrected chi connectivity index (χ4v) is 7.24. The molecule has 2 aliphatic rings. The van der Waals surface area contributed by atoms with Crippen LogP contribution in [-0.4, -0.2) is 69.1 Å². The molecular weight excluding hydrogens is 686 g/mol. The number of carbonyl (C=O) groups is 3. The van der Waals surface area contributed by atoms with Crippen LogP contribution >= 0.6 is 15.9 Å². The summed E-state index contributed by atoms with van der Waals surface area (Å²) in [5, 5.41) is 13.1. The predicted molar refractivity (Wildman–Crippen MR) is 188 cm³/mol. The summed E-state index contributed by atoms with van der Waals surface area (Å²) in [5.41, 5.74) is 3.99. The number of pyridine rings is 1. The molecule has 252 valence electrons. The van der Waals surface area contributed by atoms with E-state index in [1.54, 1.807) is 22.0 Å². The first kappa shape index (κ1) is 32.8. The highest BCUT2D eigenvalue weighted by atomic mass is 79.9. The number of ketones is 1. The molecule has 1 aliphatic heterocycles. The number of Topliss-reactive ketones (excluding diaryl/α,β-unsaturated/α-hetero) is 1.